The molecule has 104 valence electrons. The monoisotopic (exact) mass is 268 g/mol. The molecule has 20 heavy (non-hydrogen) atoms. The molecule has 2 N–H and O–H groups in total. The van der Waals surface area contributed by atoms with Crippen molar-refractivity contribution < 1.29 is 4.74 Å². The number of benzene rings is 2. The predicted octanol–water partition coefficient (Wildman–Crippen LogP) is 3.14. The van der Waals surface area contributed by atoms with Crippen LogP contribution in [0.25, 0.3) is 5.70 Å². The van der Waals surface area contributed by atoms with Crippen molar-refractivity contribution in [2.45, 2.75) is 6.23 Å². The minimum absolute atomic E-state index is 0.226. The molecule has 3 nitrogen and oxygen atoms in total. The highest BCUT2D eigenvalue weighted by molar-refractivity contribution is 5.61. The van der Waals surface area contributed by atoms with E-state index >= 15 is 0 Å². The maximum Gasteiger partial charge on any atom is 0.155 e. The van der Waals surface area contributed by atoms with E-state index in [1.54, 1.807) is 0 Å². The second kappa shape index (κ2) is 7.48. The third kappa shape index (κ3) is 3.95. The van der Waals surface area contributed by atoms with Crippen molar-refractivity contribution in [2.75, 3.05) is 13.8 Å². The molecule has 0 aliphatic rings. The van der Waals surface area contributed by atoms with E-state index < -0.39 is 0 Å². The Morgan fingerprint density at radius 2 is 1.65 bits per heavy atom. The molecule has 0 fully saturated rings. The molecule has 0 heterocycles. The van der Waals surface area contributed by atoms with Crippen LogP contribution < -0.4 is 10.6 Å². The van der Waals surface area contributed by atoms with Crippen LogP contribution in [0, 0.1) is 0 Å². The van der Waals surface area contributed by atoms with Crippen LogP contribution in [-0.2, 0) is 4.74 Å². The van der Waals surface area contributed by atoms with Crippen LogP contribution in [0.4, 0.5) is 0 Å². The highest BCUT2D eigenvalue weighted by Crippen LogP contribution is 2.18. The van der Waals surface area contributed by atoms with Crippen molar-refractivity contribution in [2.24, 2.45) is 0 Å². The molecular weight excluding hydrogens is 248 g/mol. The highest BCUT2D eigenvalue weighted by atomic mass is 16.5. The number of rotatable bonds is 7. The van der Waals surface area contributed by atoms with Gasteiger partial charge in [-0.3, -0.25) is 5.32 Å². The third-order valence-electron chi connectivity index (χ3n) is 2.92. The molecule has 1 atom stereocenters. The number of hydrogen-bond donors (Lipinski definition) is 2. The summed E-state index contributed by atoms with van der Waals surface area (Å²) in [4.78, 5) is 0. The standard InChI is InChI=1S/C17H20N2O/c1-14(15-9-5-3-6-10-15)19-17(20-13-18-2)16-11-7-4-8-12-16/h3-12,17-19H,1,13H2,2H3. The Morgan fingerprint density at radius 1 is 1.05 bits per heavy atom. The molecule has 1 unspecified atom stereocenters. The van der Waals surface area contributed by atoms with Gasteiger partial charge in [0.2, 0.25) is 0 Å². The molecule has 0 aliphatic heterocycles. The summed E-state index contributed by atoms with van der Waals surface area (Å²) < 4.78 is 5.79. The molecule has 0 radical (unpaired) electrons. The zero-order valence-corrected chi connectivity index (χ0v) is 11.7. The Balaban J connectivity index is 2.10. The molecule has 0 aromatic heterocycles. The molecule has 3 heteroatoms. The molecule has 2 aromatic carbocycles. The minimum atomic E-state index is -0.226. The van der Waals surface area contributed by atoms with Gasteiger partial charge in [-0.15, -0.1) is 0 Å². The number of ether oxygens (including phenoxy) is 1. The molecule has 0 spiro atoms. The zero-order valence-electron chi connectivity index (χ0n) is 11.7. The smallest absolute Gasteiger partial charge is 0.155 e. The van der Waals surface area contributed by atoms with Gasteiger partial charge in [0.1, 0.15) is 0 Å². The summed E-state index contributed by atoms with van der Waals surface area (Å²) in [6, 6.07) is 20.1. The van der Waals surface area contributed by atoms with Crippen LogP contribution in [-0.4, -0.2) is 13.8 Å². The van der Waals surface area contributed by atoms with E-state index in [4.69, 9.17) is 4.74 Å². The van der Waals surface area contributed by atoms with Gasteiger partial charge < -0.3 is 10.1 Å². The third-order valence-corrected chi connectivity index (χ3v) is 2.92. The molecule has 2 rings (SSSR count). The summed E-state index contributed by atoms with van der Waals surface area (Å²) in [6.45, 7) is 4.55. The van der Waals surface area contributed by atoms with Crippen molar-refractivity contribution in [3.8, 4) is 0 Å². The summed E-state index contributed by atoms with van der Waals surface area (Å²) in [5.74, 6) is 0. The molecule has 0 aliphatic carbocycles. The van der Waals surface area contributed by atoms with E-state index in [9.17, 15) is 0 Å². The van der Waals surface area contributed by atoms with Crippen LogP contribution in [0.5, 0.6) is 0 Å². The molecule has 2 aromatic rings. The first-order chi connectivity index (χ1) is 9.81. The first-order valence-corrected chi connectivity index (χ1v) is 6.63. The Kier molecular flexibility index (Phi) is 5.35. The molecule has 0 saturated heterocycles. The summed E-state index contributed by atoms with van der Waals surface area (Å²) in [6.07, 6.45) is -0.226. The lowest BCUT2D eigenvalue weighted by Gasteiger charge is -2.22. The van der Waals surface area contributed by atoms with E-state index in [2.05, 4.69) is 17.2 Å². The molecule has 0 saturated carbocycles. The second-order valence-electron chi connectivity index (χ2n) is 4.44. The van der Waals surface area contributed by atoms with Gasteiger partial charge in [0.25, 0.3) is 0 Å². The van der Waals surface area contributed by atoms with Crippen LogP contribution in [0.3, 0.4) is 0 Å². The lowest BCUT2D eigenvalue weighted by molar-refractivity contribution is 0.0314. The van der Waals surface area contributed by atoms with Gasteiger partial charge in [0, 0.05) is 11.3 Å². The number of hydrogen-bond acceptors (Lipinski definition) is 3. The minimum Gasteiger partial charge on any atom is -0.356 e. The maximum atomic E-state index is 5.79. The topological polar surface area (TPSA) is 33.3 Å². The van der Waals surface area contributed by atoms with Gasteiger partial charge in [-0.25, -0.2) is 0 Å². The van der Waals surface area contributed by atoms with Gasteiger partial charge >= 0.3 is 0 Å². The first-order valence-electron chi connectivity index (χ1n) is 6.63. The average Bonchev–Trinajstić information content (AvgIpc) is 2.53. The lowest BCUT2D eigenvalue weighted by Crippen LogP contribution is -2.26. The Hall–Kier alpha value is -2.10. The molecule has 0 amide bonds. The fourth-order valence-electron chi connectivity index (χ4n) is 1.90. The number of nitrogens with one attached hydrogen (secondary N) is 2. The van der Waals surface area contributed by atoms with E-state index in [0.717, 1.165) is 16.8 Å². The van der Waals surface area contributed by atoms with E-state index in [0.29, 0.717) is 6.73 Å². The SMILES string of the molecule is C=C(NC(OCNC)c1ccccc1)c1ccccc1. The molecule has 0 bridgehead atoms. The van der Waals surface area contributed by atoms with Crippen molar-refractivity contribution >= 4 is 5.70 Å². The largest absolute Gasteiger partial charge is 0.356 e. The fourth-order valence-corrected chi connectivity index (χ4v) is 1.90. The average molecular weight is 268 g/mol. The van der Waals surface area contributed by atoms with E-state index in [-0.39, 0.29) is 6.23 Å². The Morgan fingerprint density at radius 3 is 2.25 bits per heavy atom. The van der Waals surface area contributed by atoms with Crippen LogP contribution in [0.15, 0.2) is 67.2 Å². The fraction of sp³-hybridized carbons (Fsp3) is 0.176. The quantitative estimate of drug-likeness (QED) is 0.757. The first kappa shape index (κ1) is 14.3. The van der Waals surface area contributed by atoms with E-state index in [1.165, 1.54) is 0 Å². The molecular formula is C17H20N2O. The van der Waals surface area contributed by atoms with Crippen molar-refractivity contribution in [1.82, 2.24) is 10.6 Å². The summed E-state index contributed by atoms with van der Waals surface area (Å²) >= 11 is 0. The lowest BCUT2D eigenvalue weighted by atomic mass is 10.1. The van der Waals surface area contributed by atoms with E-state index in [1.807, 2.05) is 67.7 Å². The van der Waals surface area contributed by atoms with Gasteiger partial charge in [-0.1, -0.05) is 67.2 Å². The Labute approximate surface area is 120 Å². The van der Waals surface area contributed by atoms with Crippen LogP contribution >= 0.6 is 0 Å². The normalized spacial score (nSPS) is 11.8. The summed E-state index contributed by atoms with van der Waals surface area (Å²) in [5, 5.41) is 6.32. The van der Waals surface area contributed by atoms with Crippen LogP contribution in [0.2, 0.25) is 0 Å². The van der Waals surface area contributed by atoms with Gasteiger partial charge in [0.05, 0.1) is 6.73 Å². The Bertz CT molecular complexity index is 525. The van der Waals surface area contributed by atoms with Crippen molar-refractivity contribution in [3.05, 3.63) is 78.4 Å². The predicted molar refractivity (Wildman–Crippen MR) is 82.8 cm³/mol. The summed E-state index contributed by atoms with van der Waals surface area (Å²) in [7, 11) is 1.86. The second-order valence-corrected chi connectivity index (χ2v) is 4.44. The zero-order chi connectivity index (χ0) is 14.2. The van der Waals surface area contributed by atoms with Crippen LogP contribution in [0.1, 0.15) is 17.4 Å². The van der Waals surface area contributed by atoms with Crippen molar-refractivity contribution in [1.29, 1.82) is 0 Å². The highest BCUT2D eigenvalue weighted by Gasteiger charge is 2.12. The van der Waals surface area contributed by atoms with Gasteiger partial charge in [-0.2, -0.15) is 0 Å². The van der Waals surface area contributed by atoms with Gasteiger partial charge in [0.15, 0.2) is 6.23 Å². The maximum absolute atomic E-state index is 5.79. The van der Waals surface area contributed by atoms with Crippen molar-refractivity contribution in [3.63, 3.8) is 0 Å². The van der Waals surface area contributed by atoms with Gasteiger partial charge in [-0.05, 0) is 12.6 Å². The summed E-state index contributed by atoms with van der Waals surface area (Å²) in [5.41, 5.74) is 2.97.